The standard InChI is InChI=1S/C13H20N2/c1-13(2)7-3-4-12(13)15-10-11-5-8-14-9-6-11/h5-6,8-9,12,15H,3-4,7,10H2,1-2H3. The van der Waals surface area contributed by atoms with Crippen molar-refractivity contribution in [2.24, 2.45) is 5.41 Å². The van der Waals surface area contributed by atoms with Gasteiger partial charge in [0.1, 0.15) is 0 Å². The Labute approximate surface area is 92.1 Å². The van der Waals surface area contributed by atoms with Gasteiger partial charge in [0.05, 0.1) is 0 Å². The lowest BCUT2D eigenvalue weighted by Crippen LogP contribution is -2.37. The molecule has 1 heterocycles. The van der Waals surface area contributed by atoms with Gasteiger partial charge in [-0.25, -0.2) is 0 Å². The van der Waals surface area contributed by atoms with Gasteiger partial charge >= 0.3 is 0 Å². The van der Waals surface area contributed by atoms with Crippen molar-refractivity contribution in [3.8, 4) is 0 Å². The Morgan fingerprint density at radius 1 is 1.40 bits per heavy atom. The van der Waals surface area contributed by atoms with E-state index in [4.69, 9.17) is 0 Å². The average Bonchev–Trinajstić information content (AvgIpc) is 2.56. The Morgan fingerprint density at radius 2 is 2.13 bits per heavy atom. The van der Waals surface area contributed by atoms with E-state index in [0.717, 1.165) is 6.54 Å². The lowest BCUT2D eigenvalue weighted by Gasteiger charge is -2.28. The third kappa shape index (κ3) is 2.57. The molecular weight excluding hydrogens is 184 g/mol. The molecular formula is C13H20N2. The van der Waals surface area contributed by atoms with Gasteiger partial charge in [-0.3, -0.25) is 4.98 Å². The predicted molar refractivity (Wildman–Crippen MR) is 62.5 cm³/mol. The van der Waals surface area contributed by atoms with E-state index in [-0.39, 0.29) is 0 Å². The molecule has 1 unspecified atom stereocenters. The van der Waals surface area contributed by atoms with E-state index in [9.17, 15) is 0 Å². The van der Waals surface area contributed by atoms with Crippen LogP contribution < -0.4 is 5.32 Å². The van der Waals surface area contributed by atoms with Gasteiger partial charge in [-0.1, -0.05) is 20.3 Å². The van der Waals surface area contributed by atoms with Crippen molar-refractivity contribution < 1.29 is 0 Å². The highest BCUT2D eigenvalue weighted by Gasteiger charge is 2.33. The van der Waals surface area contributed by atoms with Gasteiger partial charge in [0.25, 0.3) is 0 Å². The molecule has 2 heteroatoms. The number of aromatic nitrogens is 1. The van der Waals surface area contributed by atoms with Crippen LogP contribution in [0.5, 0.6) is 0 Å². The summed E-state index contributed by atoms with van der Waals surface area (Å²) in [7, 11) is 0. The molecule has 0 aliphatic heterocycles. The fourth-order valence-corrected chi connectivity index (χ4v) is 2.45. The average molecular weight is 204 g/mol. The first kappa shape index (κ1) is 10.6. The molecule has 1 aromatic heterocycles. The summed E-state index contributed by atoms with van der Waals surface area (Å²) in [6.07, 6.45) is 7.74. The Balaban J connectivity index is 1.89. The molecule has 2 rings (SSSR count). The van der Waals surface area contributed by atoms with Crippen LogP contribution >= 0.6 is 0 Å². The van der Waals surface area contributed by atoms with Crippen molar-refractivity contribution in [2.45, 2.75) is 45.7 Å². The first-order valence-corrected chi connectivity index (χ1v) is 5.81. The highest BCUT2D eigenvalue weighted by molar-refractivity contribution is 5.09. The van der Waals surface area contributed by atoms with Gasteiger partial charge in [0.15, 0.2) is 0 Å². The maximum Gasteiger partial charge on any atom is 0.0271 e. The number of hydrogen-bond acceptors (Lipinski definition) is 2. The fraction of sp³-hybridized carbons (Fsp3) is 0.615. The van der Waals surface area contributed by atoms with Gasteiger partial charge in [0, 0.05) is 25.0 Å². The second kappa shape index (κ2) is 4.31. The summed E-state index contributed by atoms with van der Waals surface area (Å²) in [6, 6.07) is 4.83. The summed E-state index contributed by atoms with van der Waals surface area (Å²) in [5, 5.41) is 3.66. The second-order valence-corrected chi connectivity index (χ2v) is 5.17. The molecule has 1 atom stereocenters. The smallest absolute Gasteiger partial charge is 0.0271 e. The SMILES string of the molecule is CC1(C)CCCC1NCc1ccncc1. The molecule has 15 heavy (non-hydrogen) atoms. The number of nitrogens with one attached hydrogen (secondary N) is 1. The Bertz CT molecular complexity index is 306. The van der Waals surface area contributed by atoms with E-state index in [1.54, 1.807) is 0 Å². The zero-order chi connectivity index (χ0) is 10.7. The second-order valence-electron chi connectivity index (χ2n) is 5.17. The van der Waals surface area contributed by atoms with Crippen molar-refractivity contribution in [3.05, 3.63) is 30.1 Å². The molecule has 0 saturated heterocycles. The van der Waals surface area contributed by atoms with Crippen LogP contribution in [0.2, 0.25) is 0 Å². The summed E-state index contributed by atoms with van der Waals surface area (Å²) >= 11 is 0. The topological polar surface area (TPSA) is 24.9 Å². The van der Waals surface area contributed by atoms with Crippen molar-refractivity contribution in [3.63, 3.8) is 0 Å². The highest BCUT2D eigenvalue weighted by Crippen LogP contribution is 2.37. The van der Waals surface area contributed by atoms with Gasteiger partial charge < -0.3 is 5.32 Å². The van der Waals surface area contributed by atoms with Gasteiger partial charge in [0.2, 0.25) is 0 Å². The molecule has 1 aliphatic carbocycles. The largest absolute Gasteiger partial charge is 0.309 e. The van der Waals surface area contributed by atoms with Crippen LogP contribution in [0, 0.1) is 5.41 Å². The predicted octanol–water partition coefficient (Wildman–Crippen LogP) is 2.75. The molecule has 1 saturated carbocycles. The van der Waals surface area contributed by atoms with Crippen molar-refractivity contribution >= 4 is 0 Å². The monoisotopic (exact) mass is 204 g/mol. The van der Waals surface area contributed by atoms with Crippen molar-refractivity contribution in [2.75, 3.05) is 0 Å². The lowest BCUT2D eigenvalue weighted by atomic mass is 9.87. The van der Waals surface area contributed by atoms with E-state index in [2.05, 4.69) is 36.3 Å². The molecule has 0 aromatic carbocycles. The Kier molecular flexibility index (Phi) is 3.06. The molecule has 1 N–H and O–H groups in total. The van der Waals surface area contributed by atoms with E-state index in [1.165, 1.54) is 24.8 Å². The first-order chi connectivity index (χ1) is 7.18. The van der Waals surface area contributed by atoms with Gasteiger partial charge in [-0.15, -0.1) is 0 Å². The van der Waals surface area contributed by atoms with E-state index >= 15 is 0 Å². The third-order valence-corrected chi connectivity index (χ3v) is 3.56. The minimum atomic E-state index is 0.465. The number of hydrogen-bond donors (Lipinski definition) is 1. The third-order valence-electron chi connectivity index (χ3n) is 3.56. The van der Waals surface area contributed by atoms with Crippen LogP contribution in [0.1, 0.15) is 38.7 Å². The van der Waals surface area contributed by atoms with Crippen LogP contribution in [0.25, 0.3) is 0 Å². The molecule has 0 spiro atoms. The zero-order valence-electron chi connectivity index (χ0n) is 9.66. The van der Waals surface area contributed by atoms with Crippen molar-refractivity contribution in [1.29, 1.82) is 0 Å². The summed E-state index contributed by atoms with van der Waals surface area (Å²) in [4.78, 5) is 4.03. The van der Waals surface area contributed by atoms with Crippen LogP contribution in [0.4, 0.5) is 0 Å². The molecule has 1 fully saturated rings. The molecule has 2 nitrogen and oxygen atoms in total. The highest BCUT2D eigenvalue weighted by atomic mass is 14.9. The van der Waals surface area contributed by atoms with Crippen LogP contribution in [-0.4, -0.2) is 11.0 Å². The molecule has 0 amide bonds. The first-order valence-electron chi connectivity index (χ1n) is 5.81. The molecule has 1 aromatic rings. The maximum atomic E-state index is 4.03. The Hall–Kier alpha value is -0.890. The molecule has 82 valence electrons. The van der Waals surface area contributed by atoms with Crippen LogP contribution in [-0.2, 0) is 6.54 Å². The van der Waals surface area contributed by atoms with Gasteiger partial charge in [-0.05, 0) is 36.0 Å². The quantitative estimate of drug-likeness (QED) is 0.819. The molecule has 1 aliphatic rings. The molecule has 0 bridgehead atoms. The number of pyridine rings is 1. The van der Waals surface area contributed by atoms with Crippen molar-refractivity contribution in [1.82, 2.24) is 10.3 Å². The Morgan fingerprint density at radius 3 is 2.73 bits per heavy atom. The summed E-state index contributed by atoms with van der Waals surface area (Å²) in [6.45, 7) is 5.70. The minimum absolute atomic E-state index is 0.465. The summed E-state index contributed by atoms with van der Waals surface area (Å²) in [5.41, 5.74) is 1.79. The van der Waals surface area contributed by atoms with Gasteiger partial charge in [-0.2, -0.15) is 0 Å². The van der Waals surface area contributed by atoms with E-state index in [1.807, 2.05) is 12.4 Å². The normalized spacial score (nSPS) is 24.3. The minimum Gasteiger partial charge on any atom is -0.309 e. The van der Waals surface area contributed by atoms with E-state index < -0.39 is 0 Å². The van der Waals surface area contributed by atoms with Crippen LogP contribution in [0.15, 0.2) is 24.5 Å². The zero-order valence-corrected chi connectivity index (χ0v) is 9.66. The lowest BCUT2D eigenvalue weighted by molar-refractivity contribution is 0.282. The maximum absolute atomic E-state index is 4.03. The summed E-state index contributed by atoms with van der Waals surface area (Å²) < 4.78 is 0. The number of nitrogens with zero attached hydrogens (tertiary/aromatic N) is 1. The fourth-order valence-electron chi connectivity index (χ4n) is 2.45. The molecule has 0 radical (unpaired) electrons. The summed E-state index contributed by atoms with van der Waals surface area (Å²) in [5.74, 6) is 0. The number of rotatable bonds is 3. The van der Waals surface area contributed by atoms with Crippen LogP contribution in [0.3, 0.4) is 0 Å². The van der Waals surface area contributed by atoms with E-state index in [0.29, 0.717) is 11.5 Å².